The molecule has 184 valence electrons. The third kappa shape index (κ3) is 6.84. The van der Waals surface area contributed by atoms with Crippen LogP contribution in [0.25, 0.3) is 6.08 Å². The number of carbonyl (C=O) groups excluding carboxylic acids is 2. The van der Waals surface area contributed by atoms with E-state index in [0.29, 0.717) is 25.9 Å². The maximum atomic E-state index is 12.7. The van der Waals surface area contributed by atoms with E-state index in [1.54, 1.807) is 18.2 Å². The maximum absolute atomic E-state index is 12.7. The highest BCUT2D eigenvalue weighted by Crippen LogP contribution is 2.35. The molecule has 2 N–H and O–H groups in total. The fourth-order valence-electron chi connectivity index (χ4n) is 3.47. The zero-order chi connectivity index (χ0) is 26.4. The summed E-state index contributed by atoms with van der Waals surface area (Å²) in [5.74, 6) is -0.359. The van der Waals surface area contributed by atoms with Gasteiger partial charge in [-0.25, -0.2) is 0 Å². The monoisotopic (exact) mass is 609 g/mol. The highest BCUT2D eigenvalue weighted by molar-refractivity contribution is 9.11. The molecule has 0 atom stereocenters. The van der Waals surface area contributed by atoms with Gasteiger partial charge in [0.05, 0.1) is 8.95 Å². The molecule has 0 fully saturated rings. The summed E-state index contributed by atoms with van der Waals surface area (Å²) in [6, 6.07) is 16.8. The first-order chi connectivity index (χ1) is 17.1. The number of halogens is 2. The number of nitriles is 1. The molecule has 3 aromatic carbocycles. The first kappa shape index (κ1) is 27.2. The summed E-state index contributed by atoms with van der Waals surface area (Å²) in [4.78, 5) is 25.1. The fraction of sp³-hybridized carbons (Fsp3) is 0.179. The normalized spacial score (nSPS) is 11.0. The average Bonchev–Trinajstić information content (AvgIpc) is 2.81. The van der Waals surface area contributed by atoms with Gasteiger partial charge in [-0.15, -0.1) is 0 Å². The third-order valence-electron chi connectivity index (χ3n) is 5.55. The van der Waals surface area contributed by atoms with Crippen molar-refractivity contribution in [2.24, 2.45) is 0 Å². The topological polar surface area (TPSA) is 91.2 Å². The Balaban J connectivity index is 1.71. The Morgan fingerprint density at radius 1 is 0.944 bits per heavy atom. The van der Waals surface area contributed by atoms with E-state index in [2.05, 4.69) is 42.5 Å². The highest BCUT2D eigenvalue weighted by Gasteiger charge is 2.15. The Morgan fingerprint density at radius 3 is 2.28 bits per heavy atom. The molecule has 0 saturated heterocycles. The number of benzene rings is 3. The van der Waals surface area contributed by atoms with Crippen LogP contribution in [0.4, 0.5) is 11.4 Å². The Bertz CT molecular complexity index is 1380. The smallest absolute Gasteiger partial charge is 0.266 e. The van der Waals surface area contributed by atoms with E-state index in [-0.39, 0.29) is 18.1 Å². The lowest BCUT2D eigenvalue weighted by Gasteiger charge is -2.13. The number of amides is 2. The van der Waals surface area contributed by atoms with E-state index in [0.717, 1.165) is 27.9 Å². The molecule has 3 aromatic rings. The number of rotatable bonds is 7. The van der Waals surface area contributed by atoms with Crippen molar-refractivity contribution in [2.45, 2.75) is 27.7 Å². The lowest BCUT2D eigenvalue weighted by Crippen LogP contribution is -2.21. The fourth-order valence-corrected chi connectivity index (χ4v) is 4.92. The van der Waals surface area contributed by atoms with Crippen LogP contribution in [0.5, 0.6) is 5.75 Å². The van der Waals surface area contributed by atoms with Crippen LogP contribution >= 0.6 is 31.9 Å². The number of nitrogens with one attached hydrogen (secondary N) is 2. The molecular weight excluding hydrogens is 586 g/mol. The molecule has 0 saturated carbocycles. The maximum Gasteiger partial charge on any atom is 0.266 e. The number of ether oxygens (including phenoxy) is 1. The van der Waals surface area contributed by atoms with E-state index in [9.17, 15) is 14.9 Å². The second kappa shape index (κ2) is 12.0. The summed E-state index contributed by atoms with van der Waals surface area (Å²) in [6.45, 7) is 7.60. The molecular formula is C28H25Br2N3O3. The van der Waals surface area contributed by atoms with Gasteiger partial charge in [0.1, 0.15) is 17.4 Å². The van der Waals surface area contributed by atoms with Gasteiger partial charge in [-0.2, -0.15) is 5.26 Å². The molecule has 2 amide bonds. The first-order valence-corrected chi connectivity index (χ1v) is 12.7. The zero-order valence-corrected chi connectivity index (χ0v) is 23.5. The van der Waals surface area contributed by atoms with Crippen molar-refractivity contribution in [3.63, 3.8) is 0 Å². The van der Waals surface area contributed by atoms with Gasteiger partial charge < -0.3 is 15.4 Å². The molecule has 0 heterocycles. The summed E-state index contributed by atoms with van der Waals surface area (Å²) in [6.07, 6.45) is 1.49. The minimum Gasteiger partial charge on any atom is -0.481 e. The molecule has 0 aromatic heterocycles. The van der Waals surface area contributed by atoms with E-state index in [4.69, 9.17) is 4.74 Å². The van der Waals surface area contributed by atoms with Gasteiger partial charge >= 0.3 is 0 Å². The number of carbonyl (C=O) groups is 2. The van der Waals surface area contributed by atoms with Gasteiger partial charge in [-0.3, -0.25) is 9.59 Å². The van der Waals surface area contributed by atoms with Gasteiger partial charge in [0.2, 0.25) is 0 Å². The van der Waals surface area contributed by atoms with Gasteiger partial charge in [-0.1, -0.05) is 29.8 Å². The SMILES string of the molecule is Cc1ccc(NC(=O)COc2c(Br)cc(/C=C(/C#N)C(=O)Nc3cccc(C)c3C)cc2Br)c(C)c1. The Hall–Kier alpha value is -3.41. The molecule has 3 rings (SSSR count). The first-order valence-electron chi connectivity index (χ1n) is 11.1. The van der Waals surface area contributed by atoms with Crippen LogP contribution in [0.3, 0.4) is 0 Å². The van der Waals surface area contributed by atoms with Gasteiger partial charge in [0.15, 0.2) is 6.61 Å². The average molecular weight is 611 g/mol. The van der Waals surface area contributed by atoms with Crippen molar-refractivity contribution < 1.29 is 14.3 Å². The van der Waals surface area contributed by atoms with E-state index < -0.39 is 5.91 Å². The van der Waals surface area contributed by atoms with Crippen molar-refractivity contribution in [1.82, 2.24) is 0 Å². The second-order valence-corrected chi connectivity index (χ2v) is 10.0. The van der Waals surface area contributed by atoms with Crippen LogP contribution in [-0.2, 0) is 9.59 Å². The Kier molecular flexibility index (Phi) is 9.08. The van der Waals surface area contributed by atoms with Crippen LogP contribution in [0.15, 0.2) is 63.0 Å². The molecule has 0 radical (unpaired) electrons. The summed E-state index contributed by atoms with van der Waals surface area (Å²) in [5.41, 5.74) is 6.02. The predicted octanol–water partition coefficient (Wildman–Crippen LogP) is 7.01. The lowest BCUT2D eigenvalue weighted by atomic mass is 10.1. The van der Waals surface area contributed by atoms with E-state index in [1.165, 1.54) is 6.08 Å². The number of hydrogen-bond donors (Lipinski definition) is 2. The molecule has 0 aliphatic heterocycles. The number of hydrogen-bond acceptors (Lipinski definition) is 4. The highest BCUT2D eigenvalue weighted by atomic mass is 79.9. The minimum absolute atomic E-state index is 0.0452. The zero-order valence-electron chi connectivity index (χ0n) is 20.3. The van der Waals surface area contributed by atoms with Crippen molar-refractivity contribution in [3.05, 3.63) is 90.9 Å². The van der Waals surface area contributed by atoms with Gasteiger partial charge in [0, 0.05) is 11.4 Å². The van der Waals surface area contributed by atoms with E-state index in [1.807, 2.05) is 64.1 Å². The molecule has 6 nitrogen and oxygen atoms in total. The lowest BCUT2D eigenvalue weighted by molar-refractivity contribution is -0.118. The van der Waals surface area contributed by atoms with Gasteiger partial charge in [0.25, 0.3) is 11.8 Å². The molecule has 36 heavy (non-hydrogen) atoms. The molecule has 0 spiro atoms. The largest absolute Gasteiger partial charge is 0.481 e. The molecule has 0 bridgehead atoms. The Labute approximate surface area is 227 Å². The molecule has 0 aliphatic carbocycles. The standard InChI is InChI=1S/C28H25Br2N3O3/c1-16-8-9-24(18(3)10-16)32-26(34)15-36-27-22(29)12-20(13-23(27)30)11-21(14-31)28(35)33-25-7-5-6-17(2)19(25)4/h5-13H,15H2,1-4H3,(H,32,34)(H,33,35)/b21-11-. The number of anilines is 2. The van der Waals surface area contributed by atoms with Gasteiger partial charge in [-0.05, 0) is 112 Å². The molecule has 0 aliphatic rings. The molecule has 0 unspecified atom stereocenters. The van der Waals surface area contributed by atoms with E-state index >= 15 is 0 Å². The minimum atomic E-state index is -0.498. The summed E-state index contributed by atoms with van der Waals surface area (Å²) >= 11 is 6.91. The summed E-state index contributed by atoms with van der Waals surface area (Å²) in [7, 11) is 0. The van der Waals surface area contributed by atoms with Crippen molar-refractivity contribution in [2.75, 3.05) is 17.2 Å². The summed E-state index contributed by atoms with van der Waals surface area (Å²) in [5, 5.41) is 15.2. The second-order valence-electron chi connectivity index (χ2n) is 8.34. The number of aryl methyl sites for hydroxylation is 3. The third-order valence-corrected chi connectivity index (χ3v) is 6.73. The van der Waals surface area contributed by atoms with Crippen LogP contribution in [-0.4, -0.2) is 18.4 Å². The van der Waals surface area contributed by atoms with Crippen LogP contribution in [0.2, 0.25) is 0 Å². The van der Waals surface area contributed by atoms with Crippen molar-refractivity contribution in [1.29, 1.82) is 5.26 Å². The Morgan fingerprint density at radius 2 is 1.64 bits per heavy atom. The predicted molar refractivity (Wildman–Crippen MR) is 150 cm³/mol. The quantitative estimate of drug-likeness (QED) is 0.222. The summed E-state index contributed by atoms with van der Waals surface area (Å²) < 4.78 is 6.86. The number of nitrogens with zero attached hydrogens (tertiary/aromatic N) is 1. The van der Waals surface area contributed by atoms with Crippen LogP contribution in [0, 0.1) is 39.0 Å². The van der Waals surface area contributed by atoms with Crippen LogP contribution in [0.1, 0.15) is 27.8 Å². The van der Waals surface area contributed by atoms with Crippen molar-refractivity contribution in [3.8, 4) is 11.8 Å². The molecule has 8 heteroatoms. The van der Waals surface area contributed by atoms with Crippen LogP contribution < -0.4 is 15.4 Å². The van der Waals surface area contributed by atoms with Crippen molar-refractivity contribution >= 4 is 61.1 Å².